The lowest BCUT2D eigenvalue weighted by Gasteiger charge is -2.65. The molecule has 4 heteroatoms. The van der Waals surface area contributed by atoms with Crippen molar-refractivity contribution in [1.29, 1.82) is 0 Å². The summed E-state index contributed by atoms with van der Waals surface area (Å²) in [6, 6.07) is 0. The van der Waals surface area contributed by atoms with E-state index in [1.165, 1.54) is 0 Å². The van der Waals surface area contributed by atoms with Crippen molar-refractivity contribution in [2.24, 2.45) is 28.6 Å². The molecule has 0 amide bonds. The van der Waals surface area contributed by atoms with Gasteiger partial charge in [0, 0.05) is 0 Å². The number of fused-ring (bicyclic) bond motifs is 5. The number of halogens is 2. The number of hydrogen-bond donors (Lipinski definition) is 2. The van der Waals surface area contributed by atoms with Crippen LogP contribution >= 0.6 is 23.2 Å². The first-order chi connectivity index (χ1) is 10.7. The van der Waals surface area contributed by atoms with Gasteiger partial charge < -0.3 is 10.2 Å². The van der Waals surface area contributed by atoms with Gasteiger partial charge in [0.2, 0.25) is 0 Å². The van der Waals surface area contributed by atoms with Gasteiger partial charge in [-0.15, -0.1) is 23.2 Å². The second-order valence-corrected chi connectivity index (χ2v) is 10.6. The highest BCUT2D eigenvalue weighted by molar-refractivity contribution is 6.33. The van der Waals surface area contributed by atoms with Crippen LogP contribution in [0.5, 0.6) is 0 Å². The number of hydrogen-bond acceptors (Lipinski definition) is 2. The molecule has 0 aliphatic heterocycles. The van der Waals surface area contributed by atoms with Gasteiger partial charge in [0.25, 0.3) is 0 Å². The Balaban J connectivity index is 1.71. The summed E-state index contributed by atoms with van der Waals surface area (Å²) in [4.78, 5) is -0.474. The summed E-state index contributed by atoms with van der Waals surface area (Å²) in [5.74, 6) is 1.76. The van der Waals surface area contributed by atoms with E-state index >= 15 is 0 Å². The van der Waals surface area contributed by atoms with Gasteiger partial charge in [-0.2, -0.15) is 0 Å². The molecule has 0 spiro atoms. The van der Waals surface area contributed by atoms with Crippen LogP contribution < -0.4 is 0 Å². The van der Waals surface area contributed by atoms with E-state index in [1.54, 1.807) is 0 Å². The smallest absolute Gasteiger partial charge is 0.0690 e. The summed E-state index contributed by atoms with van der Waals surface area (Å²) in [6.45, 7) is 4.64. The van der Waals surface area contributed by atoms with Crippen LogP contribution in [0.3, 0.4) is 0 Å². The van der Waals surface area contributed by atoms with Crippen LogP contribution in [0.1, 0.15) is 65.2 Å². The summed E-state index contributed by atoms with van der Waals surface area (Å²) < 4.78 is 0. The summed E-state index contributed by atoms with van der Waals surface area (Å²) in [7, 11) is 0. The van der Waals surface area contributed by atoms with Gasteiger partial charge >= 0.3 is 0 Å². The van der Waals surface area contributed by atoms with Gasteiger partial charge in [0.15, 0.2) is 0 Å². The van der Waals surface area contributed by atoms with E-state index in [1.807, 2.05) is 0 Å². The molecule has 4 rings (SSSR count). The summed E-state index contributed by atoms with van der Waals surface area (Å²) in [5.41, 5.74) is 0.0899. The highest BCUT2D eigenvalue weighted by atomic mass is 35.5. The molecule has 0 saturated heterocycles. The van der Waals surface area contributed by atoms with E-state index in [4.69, 9.17) is 23.2 Å². The Morgan fingerprint density at radius 2 is 1.70 bits per heavy atom. The monoisotopic (exact) mass is 360 g/mol. The molecule has 4 saturated carbocycles. The zero-order valence-corrected chi connectivity index (χ0v) is 15.8. The van der Waals surface area contributed by atoms with Crippen LogP contribution in [0.25, 0.3) is 0 Å². The topological polar surface area (TPSA) is 40.5 Å². The lowest BCUT2D eigenvalue weighted by molar-refractivity contribution is -0.122. The molecule has 23 heavy (non-hydrogen) atoms. The van der Waals surface area contributed by atoms with E-state index < -0.39 is 4.87 Å². The lowest BCUT2D eigenvalue weighted by Crippen LogP contribution is -2.65. The van der Waals surface area contributed by atoms with E-state index in [9.17, 15) is 10.2 Å². The second-order valence-electron chi connectivity index (χ2n) is 9.39. The number of aliphatic hydroxyl groups excluding tert-OH is 2. The Morgan fingerprint density at radius 3 is 2.43 bits per heavy atom. The van der Waals surface area contributed by atoms with Crippen molar-refractivity contribution < 1.29 is 10.2 Å². The molecule has 132 valence electrons. The van der Waals surface area contributed by atoms with Gasteiger partial charge in [-0.25, -0.2) is 0 Å². The standard InChI is InChI=1S/C19H30Cl2O2/c1-17-7-6-14-12(13(17)3-4-16(17)23)9-15(20)19(21)10-11(22)5-8-18(14,19)2/h11-16,22-23H,3-10H2,1-2H3/t11-,12?,13?,14?,15+,16-,17-,18+,19-/m0/s1. The first-order valence-corrected chi connectivity index (χ1v) is 10.2. The van der Waals surface area contributed by atoms with E-state index in [0.717, 1.165) is 44.9 Å². The van der Waals surface area contributed by atoms with Crippen molar-refractivity contribution in [2.75, 3.05) is 0 Å². The molecular formula is C19H30Cl2O2. The molecule has 0 aromatic heterocycles. The maximum atomic E-state index is 10.5. The largest absolute Gasteiger partial charge is 0.393 e. The zero-order chi connectivity index (χ0) is 16.6. The Kier molecular flexibility index (Phi) is 3.87. The highest BCUT2D eigenvalue weighted by Gasteiger charge is 2.67. The van der Waals surface area contributed by atoms with Crippen molar-refractivity contribution in [2.45, 2.75) is 87.7 Å². The van der Waals surface area contributed by atoms with Gasteiger partial charge in [-0.1, -0.05) is 13.8 Å². The zero-order valence-electron chi connectivity index (χ0n) is 14.3. The summed E-state index contributed by atoms with van der Waals surface area (Å²) in [5, 5.41) is 20.6. The quantitative estimate of drug-likeness (QED) is 0.631. The minimum atomic E-state index is -0.474. The van der Waals surface area contributed by atoms with E-state index in [-0.39, 0.29) is 28.4 Å². The average Bonchev–Trinajstić information content (AvgIpc) is 2.79. The molecule has 4 aliphatic rings. The fraction of sp³-hybridized carbons (Fsp3) is 1.00. The maximum Gasteiger partial charge on any atom is 0.0690 e. The molecular weight excluding hydrogens is 331 g/mol. The highest BCUT2D eigenvalue weighted by Crippen LogP contribution is 2.69. The van der Waals surface area contributed by atoms with Crippen molar-refractivity contribution in [3.63, 3.8) is 0 Å². The fourth-order valence-corrected chi connectivity index (χ4v) is 8.18. The van der Waals surface area contributed by atoms with Crippen LogP contribution in [0.4, 0.5) is 0 Å². The maximum absolute atomic E-state index is 10.5. The van der Waals surface area contributed by atoms with Crippen LogP contribution in [0.2, 0.25) is 0 Å². The molecule has 0 bridgehead atoms. The van der Waals surface area contributed by atoms with Gasteiger partial charge in [0.1, 0.15) is 0 Å². The molecule has 0 aromatic carbocycles. The van der Waals surface area contributed by atoms with Crippen molar-refractivity contribution in [3.8, 4) is 0 Å². The Bertz CT molecular complexity index is 500. The Labute approximate surface area is 149 Å². The van der Waals surface area contributed by atoms with Gasteiger partial charge in [0.05, 0.1) is 22.5 Å². The van der Waals surface area contributed by atoms with Crippen LogP contribution in [0.15, 0.2) is 0 Å². The normalized spacial score (nSPS) is 62.3. The number of rotatable bonds is 0. The van der Waals surface area contributed by atoms with Crippen LogP contribution in [-0.2, 0) is 0 Å². The first kappa shape index (κ1) is 16.9. The Hall–Kier alpha value is 0.500. The number of alkyl halides is 2. The first-order valence-electron chi connectivity index (χ1n) is 9.41. The third-order valence-electron chi connectivity index (χ3n) is 8.66. The molecule has 4 fully saturated rings. The SMILES string of the molecule is C[C@]12CCC3C(C[C@@H](Cl)[C@@]4(Cl)C[C@@H](O)CC[C@]34C)C1CC[C@@H]2O. The molecule has 2 N–H and O–H groups in total. The van der Waals surface area contributed by atoms with Crippen LogP contribution in [0, 0.1) is 28.6 Å². The molecule has 0 aromatic rings. The van der Waals surface area contributed by atoms with Crippen molar-refractivity contribution in [1.82, 2.24) is 0 Å². The lowest BCUT2D eigenvalue weighted by atomic mass is 9.44. The third-order valence-corrected chi connectivity index (χ3v) is 10.2. The second kappa shape index (κ2) is 5.25. The van der Waals surface area contributed by atoms with Gasteiger partial charge in [-0.3, -0.25) is 0 Å². The van der Waals surface area contributed by atoms with Crippen molar-refractivity contribution >= 4 is 23.2 Å². The summed E-state index contributed by atoms with van der Waals surface area (Å²) in [6.07, 6.45) is 7.30. The molecule has 3 unspecified atom stereocenters. The molecule has 2 nitrogen and oxygen atoms in total. The molecule has 0 radical (unpaired) electrons. The third kappa shape index (κ3) is 2.08. The minimum absolute atomic E-state index is 0.0119. The minimum Gasteiger partial charge on any atom is -0.393 e. The summed E-state index contributed by atoms with van der Waals surface area (Å²) >= 11 is 14.0. The van der Waals surface area contributed by atoms with E-state index in [0.29, 0.717) is 24.2 Å². The Morgan fingerprint density at radius 1 is 0.957 bits per heavy atom. The van der Waals surface area contributed by atoms with E-state index in [2.05, 4.69) is 13.8 Å². The molecule has 9 atom stereocenters. The van der Waals surface area contributed by atoms with Crippen molar-refractivity contribution in [3.05, 3.63) is 0 Å². The fourth-order valence-electron chi connectivity index (χ4n) is 7.14. The number of aliphatic hydroxyl groups is 2. The van der Waals surface area contributed by atoms with Gasteiger partial charge in [-0.05, 0) is 80.0 Å². The predicted molar refractivity (Wildman–Crippen MR) is 93.9 cm³/mol. The molecule has 4 aliphatic carbocycles. The predicted octanol–water partition coefficient (Wildman–Crippen LogP) is 4.33. The van der Waals surface area contributed by atoms with Crippen LogP contribution in [-0.4, -0.2) is 32.7 Å². The molecule has 0 heterocycles. The average molecular weight is 361 g/mol.